The van der Waals surface area contributed by atoms with Crippen molar-refractivity contribution in [3.63, 3.8) is 0 Å². The minimum atomic E-state index is -0.241. The molecule has 0 aromatic carbocycles. The third kappa shape index (κ3) is 12.0. The molecule has 0 amide bonds. The first-order chi connectivity index (χ1) is 8.95. The highest BCUT2D eigenvalue weighted by Crippen LogP contribution is 2.06. The molecule has 0 unspecified atom stereocenters. The van der Waals surface area contributed by atoms with Crippen LogP contribution in [-0.2, 0) is 9.53 Å². The second-order valence-corrected chi connectivity index (χ2v) is 5.82. The molecule has 0 aromatic rings. The predicted molar refractivity (Wildman–Crippen MR) is 81.1 cm³/mol. The molecule has 0 N–H and O–H groups in total. The number of ether oxygens (including phenoxy) is 1. The largest absolute Gasteiger partial charge is 0.463 e. The van der Waals surface area contributed by atoms with Gasteiger partial charge >= 0.3 is 5.97 Å². The van der Waals surface area contributed by atoms with Gasteiger partial charge in [0.2, 0.25) is 0 Å². The summed E-state index contributed by atoms with van der Waals surface area (Å²) < 4.78 is 4.88. The van der Waals surface area contributed by atoms with Gasteiger partial charge in [0.25, 0.3) is 0 Å². The normalized spacial score (nSPS) is 12.0. The molecule has 0 aliphatic carbocycles. The topological polar surface area (TPSA) is 29.5 Å². The lowest BCUT2D eigenvalue weighted by molar-refractivity contribution is -0.137. The summed E-state index contributed by atoms with van der Waals surface area (Å²) >= 11 is 0. The van der Waals surface area contributed by atoms with E-state index >= 15 is 0 Å². The Hall–Kier alpha value is -0.830. The van der Waals surface area contributed by atoms with E-state index in [0.29, 0.717) is 6.61 Å². The van der Waals surface area contributed by atoms with Crippen LogP contribution in [0.4, 0.5) is 0 Å². The first-order valence-corrected chi connectivity index (χ1v) is 7.51. The van der Waals surface area contributed by atoms with Crippen LogP contribution in [0.2, 0.25) is 0 Å². The van der Waals surface area contributed by atoms with Crippen LogP contribution in [0.5, 0.6) is 0 Å². The number of nitrogens with zero attached hydrogens (tertiary/aromatic N) is 1. The Balaban J connectivity index is 4.12. The van der Waals surface area contributed by atoms with E-state index < -0.39 is 0 Å². The molecule has 0 spiro atoms. The first-order valence-electron chi connectivity index (χ1n) is 7.51. The summed E-state index contributed by atoms with van der Waals surface area (Å²) in [5.74, 6) is 1.20. The summed E-state index contributed by atoms with van der Waals surface area (Å²) in [4.78, 5) is 13.6. The monoisotopic (exact) mass is 269 g/mol. The lowest BCUT2D eigenvalue weighted by Crippen LogP contribution is -2.28. The van der Waals surface area contributed by atoms with Gasteiger partial charge in [-0.2, -0.15) is 0 Å². The maximum Gasteiger partial charge on any atom is 0.330 e. The fourth-order valence-corrected chi connectivity index (χ4v) is 1.66. The third-order valence-electron chi connectivity index (χ3n) is 2.95. The smallest absolute Gasteiger partial charge is 0.330 e. The van der Waals surface area contributed by atoms with Crippen molar-refractivity contribution < 1.29 is 9.53 Å². The zero-order valence-corrected chi connectivity index (χ0v) is 13.3. The van der Waals surface area contributed by atoms with Crippen LogP contribution >= 0.6 is 0 Å². The molecule has 0 aliphatic rings. The highest BCUT2D eigenvalue weighted by Gasteiger charge is 2.06. The fraction of sp³-hybridized carbons (Fsp3) is 0.812. The van der Waals surface area contributed by atoms with Crippen molar-refractivity contribution in [3.05, 3.63) is 12.2 Å². The molecule has 3 heteroatoms. The van der Waals surface area contributed by atoms with Gasteiger partial charge in [-0.15, -0.1) is 0 Å². The Kier molecular flexibility index (Phi) is 10.6. The summed E-state index contributed by atoms with van der Waals surface area (Å²) in [7, 11) is 0. The van der Waals surface area contributed by atoms with E-state index in [-0.39, 0.29) is 5.97 Å². The van der Waals surface area contributed by atoms with Crippen LogP contribution in [0.1, 0.15) is 47.5 Å². The number of carbonyl (C=O) groups is 1. The molecule has 0 aromatic heterocycles. The van der Waals surface area contributed by atoms with Gasteiger partial charge in [-0.25, -0.2) is 4.79 Å². The Labute approximate surface area is 119 Å². The quantitative estimate of drug-likeness (QED) is 0.449. The summed E-state index contributed by atoms with van der Waals surface area (Å²) in [6.07, 6.45) is 5.86. The van der Waals surface area contributed by atoms with Crippen LogP contribution in [-0.4, -0.2) is 37.1 Å². The molecule has 19 heavy (non-hydrogen) atoms. The predicted octanol–water partition coefficient (Wildman–Crippen LogP) is 3.50. The molecule has 112 valence electrons. The summed E-state index contributed by atoms with van der Waals surface area (Å²) in [6, 6.07) is 0. The molecular weight excluding hydrogens is 238 g/mol. The lowest BCUT2D eigenvalue weighted by atomic mass is 10.1. The third-order valence-corrected chi connectivity index (χ3v) is 2.95. The van der Waals surface area contributed by atoms with Crippen LogP contribution in [0.15, 0.2) is 12.2 Å². The average Bonchev–Trinajstić information content (AvgIpc) is 2.31. The van der Waals surface area contributed by atoms with Gasteiger partial charge in [0.1, 0.15) is 0 Å². The molecule has 0 fully saturated rings. The maximum atomic E-state index is 11.2. The minimum Gasteiger partial charge on any atom is -0.463 e. The molecule has 0 radical (unpaired) electrons. The molecule has 0 saturated heterocycles. The van der Waals surface area contributed by atoms with E-state index in [1.807, 2.05) is 13.0 Å². The average molecular weight is 269 g/mol. The Morgan fingerprint density at radius 1 is 1.11 bits per heavy atom. The van der Waals surface area contributed by atoms with Crippen molar-refractivity contribution in [2.45, 2.75) is 47.5 Å². The molecule has 0 heterocycles. The number of carbonyl (C=O) groups excluding carboxylic acids is 1. The van der Waals surface area contributed by atoms with Gasteiger partial charge in [0.15, 0.2) is 0 Å². The van der Waals surface area contributed by atoms with Crippen molar-refractivity contribution >= 4 is 5.97 Å². The highest BCUT2D eigenvalue weighted by molar-refractivity contribution is 5.81. The van der Waals surface area contributed by atoms with Gasteiger partial charge in [-0.05, 0) is 44.7 Å². The van der Waals surface area contributed by atoms with Gasteiger partial charge in [-0.1, -0.05) is 33.8 Å². The standard InChI is InChI=1S/C16H31NO2/c1-6-19-16(18)8-7-11-17(12-9-14(2)3)13-10-15(4)5/h7-8,14-15H,6,9-13H2,1-5H3/b8-7+. The highest BCUT2D eigenvalue weighted by atomic mass is 16.5. The van der Waals surface area contributed by atoms with Crippen molar-refractivity contribution in [1.82, 2.24) is 4.90 Å². The van der Waals surface area contributed by atoms with Crippen LogP contribution < -0.4 is 0 Å². The second-order valence-electron chi connectivity index (χ2n) is 5.82. The van der Waals surface area contributed by atoms with Crippen LogP contribution in [0, 0.1) is 11.8 Å². The molecule has 3 nitrogen and oxygen atoms in total. The van der Waals surface area contributed by atoms with Gasteiger partial charge in [-0.3, -0.25) is 4.90 Å². The fourth-order valence-electron chi connectivity index (χ4n) is 1.66. The Bertz CT molecular complexity index is 247. The van der Waals surface area contributed by atoms with Crippen molar-refractivity contribution in [1.29, 1.82) is 0 Å². The summed E-state index contributed by atoms with van der Waals surface area (Å²) in [6.45, 7) is 14.3. The molecular formula is C16H31NO2. The van der Waals surface area contributed by atoms with Gasteiger partial charge in [0, 0.05) is 12.6 Å². The van der Waals surface area contributed by atoms with E-state index in [1.54, 1.807) is 6.08 Å². The van der Waals surface area contributed by atoms with Gasteiger partial charge in [0.05, 0.1) is 6.61 Å². The SMILES string of the molecule is CCOC(=O)/C=C/CN(CCC(C)C)CCC(C)C. The summed E-state index contributed by atoms with van der Waals surface area (Å²) in [5.41, 5.74) is 0. The van der Waals surface area contributed by atoms with E-state index in [9.17, 15) is 4.79 Å². The number of rotatable bonds is 10. The lowest BCUT2D eigenvalue weighted by Gasteiger charge is -2.22. The van der Waals surface area contributed by atoms with E-state index in [2.05, 4.69) is 32.6 Å². The second kappa shape index (κ2) is 11.0. The first kappa shape index (κ1) is 18.2. The maximum absolute atomic E-state index is 11.2. The number of esters is 1. The number of hydrogen-bond donors (Lipinski definition) is 0. The van der Waals surface area contributed by atoms with E-state index in [0.717, 1.165) is 31.5 Å². The minimum absolute atomic E-state index is 0.241. The van der Waals surface area contributed by atoms with Gasteiger partial charge < -0.3 is 4.74 Å². The van der Waals surface area contributed by atoms with E-state index in [1.165, 1.54) is 12.8 Å². The van der Waals surface area contributed by atoms with E-state index in [4.69, 9.17) is 4.74 Å². The van der Waals surface area contributed by atoms with Crippen molar-refractivity contribution in [2.24, 2.45) is 11.8 Å². The van der Waals surface area contributed by atoms with Crippen molar-refractivity contribution in [3.8, 4) is 0 Å². The Morgan fingerprint density at radius 3 is 2.05 bits per heavy atom. The van der Waals surface area contributed by atoms with Crippen molar-refractivity contribution in [2.75, 3.05) is 26.2 Å². The number of hydrogen-bond acceptors (Lipinski definition) is 3. The molecule has 0 saturated carbocycles. The zero-order chi connectivity index (χ0) is 14.7. The zero-order valence-electron chi connectivity index (χ0n) is 13.3. The molecule has 0 aliphatic heterocycles. The molecule has 0 rings (SSSR count). The molecule has 0 atom stereocenters. The van der Waals surface area contributed by atoms with Crippen LogP contribution in [0.3, 0.4) is 0 Å². The summed E-state index contributed by atoms with van der Waals surface area (Å²) in [5, 5.41) is 0. The Morgan fingerprint density at radius 2 is 1.63 bits per heavy atom. The molecule has 0 bridgehead atoms. The van der Waals surface area contributed by atoms with Crippen LogP contribution in [0.25, 0.3) is 0 Å².